The molecule has 0 saturated heterocycles. The third kappa shape index (κ3) is 6.48. The molecule has 0 unspecified atom stereocenters. The normalized spacial score (nSPS) is 11.0. The number of halogens is 3. The largest absolute Gasteiger partial charge is 0.251 e. The third-order valence-corrected chi connectivity index (χ3v) is 5.49. The minimum absolute atomic E-state index is 0.210. The first-order chi connectivity index (χ1) is 14.7. The van der Waals surface area contributed by atoms with E-state index < -0.39 is 0 Å². The second kappa shape index (κ2) is 11.6. The predicted octanol–water partition coefficient (Wildman–Crippen LogP) is 8.54. The molecule has 0 aliphatic rings. The first-order valence-corrected chi connectivity index (χ1v) is 10.9. The first-order valence-electron chi connectivity index (χ1n) is 10.9. The van der Waals surface area contributed by atoms with Gasteiger partial charge >= 0.3 is 0 Å². The Bertz CT molecular complexity index is 916. The highest BCUT2D eigenvalue weighted by atomic mass is 19.1. The molecule has 0 saturated carbocycles. The molecule has 3 aromatic rings. The highest BCUT2D eigenvalue weighted by Crippen LogP contribution is 2.28. The van der Waals surface area contributed by atoms with Crippen molar-refractivity contribution in [2.45, 2.75) is 51.4 Å². The maximum Gasteiger partial charge on any atom is 0.131 e. The summed E-state index contributed by atoms with van der Waals surface area (Å²) in [6.07, 6.45) is 8.12. The van der Waals surface area contributed by atoms with Crippen LogP contribution in [0.15, 0.2) is 66.7 Å². The number of benzene rings is 3. The van der Waals surface area contributed by atoms with Gasteiger partial charge in [0.1, 0.15) is 11.6 Å². The van der Waals surface area contributed by atoms with Crippen molar-refractivity contribution in [1.82, 2.24) is 0 Å². The lowest BCUT2D eigenvalue weighted by Crippen LogP contribution is -1.91. The van der Waals surface area contributed by atoms with E-state index in [0.29, 0.717) is 12.0 Å². The molecule has 0 spiro atoms. The molecule has 0 nitrogen and oxygen atoms in total. The summed E-state index contributed by atoms with van der Waals surface area (Å²) in [5.41, 5.74) is 4.12. The molecule has 0 radical (unpaired) electrons. The van der Waals surface area contributed by atoms with Crippen molar-refractivity contribution in [3.05, 3.63) is 83.9 Å². The Morgan fingerprint density at radius 3 is 1.90 bits per heavy atom. The van der Waals surface area contributed by atoms with Crippen molar-refractivity contribution in [2.75, 3.05) is 6.67 Å². The van der Waals surface area contributed by atoms with Crippen LogP contribution in [0, 0.1) is 11.6 Å². The van der Waals surface area contributed by atoms with Crippen LogP contribution in [-0.2, 0) is 6.42 Å². The monoisotopic (exact) mass is 410 g/mol. The lowest BCUT2D eigenvalue weighted by molar-refractivity contribution is 0.449. The summed E-state index contributed by atoms with van der Waals surface area (Å²) in [5, 5.41) is 0. The van der Waals surface area contributed by atoms with Crippen LogP contribution in [0.4, 0.5) is 13.2 Å². The average molecular weight is 411 g/mol. The molecule has 3 heteroatoms. The zero-order valence-corrected chi connectivity index (χ0v) is 17.3. The van der Waals surface area contributed by atoms with Gasteiger partial charge in [-0.2, -0.15) is 0 Å². The molecule has 0 bridgehead atoms. The van der Waals surface area contributed by atoms with Gasteiger partial charge in [-0.25, -0.2) is 8.78 Å². The van der Waals surface area contributed by atoms with Crippen LogP contribution < -0.4 is 0 Å². The maximum absolute atomic E-state index is 14.7. The molecule has 0 amide bonds. The molecule has 0 aromatic heterocycles. The van der Waals surface area contributed by atoms with Gasteiger partial charge in [0.15, 0.2) is 0 Å². The molecule has 158 valence electrons. The van der Waals surface area contributed by atoms with E-state index >= 15 is 0 Å². The summed E-state index contributed by atoms with van der Waals surface area (Å²) >= 11 is 0. The van der Waals surface area contributed by atoms with E-state index in [0.717, 1.165) is 67.2 Å². The topological polar surface area (TPSA) is 0 Å². The van der Waals surface area contributed by atoms with Crippen molar-refractivity contribution in [2.24, 2.45) is 0 Å². The van der Waals surface area contributed by atoms with Crippen LogP contribution in [0.5, 0.6) is 0 Å². The Labute approximate surface area is 177 Å². The summed E-state index contributed by atoms with van der Waals surface area (Å²) in [7, 11) is 0. The number of rotatable bonds is 11. The molecule has 30 heavy (non-hydrogen) atoms. The molecule has 0 aliphatic carbocycles. The Hall–Kier alpha value is -2.55. The van der Waals surface area contributed by atoms with Gasteiger partial charge in [0.25, 0.3) is 0 Å². The lowest BCUT2D eigenvalue weighted by Gasteiger charge is -2.08. The van der Waals surface area contributed by atoms with E-state index in [4.69, 9.17) is 0 Å². The minimum atomic E-state index is -0.269. The number of hydrogen-bond donors (Lipinski definition) is 0. The Kier molecular flexibility index (Phi) is 8.55. The smallest absolute Gasteiger partial charge is 0.131 e. The Morgan fingerprint density at radius 2 is 1.23 bits per heavy atom. The van der Waals surface area contributed by atoms with E-state index in [1.165, 1.54) is 12.1 Å². The SMILES string of the molecule is FCCCCCCCCCc1ccc(-c2ccc(-c3cccc(F)c3)cc2)c(F)c1. The van der Waals surface area contributed by atoms with E-state index in [1.807, 2.05) is 42.5 Å². The molecule has 0 aliphatic heterocycles. The van der Waals surface area contributed by atoms with Crippen molar-refractivity contribution in [3.8, 4) is 22.3 Å². The zero-order chi connectivity index (χ0) is 21.2. The number of aryl methyl sites for hydroxylation is 1. The first kappa shape index (κ1) is 22.1. The van der Waals surface area contributed by atoms with Crippen molar-refractivity contribution < 1.29 is 13.2 Å². The fourth-order valence-electron chi connectivity index (χ4n) is 3.77. The minimum Gasteiger partial charge on any atom is -0.251 e. The average Bonchev–Trinajstić information content (AvgIpc) is 2.76. The van der Waals surface area contributed by atoms with Crippen LogP contribution in [-0.4, -0.2) is 6.67 Å². The molecule has 3 rings (SSSR count). The summed E-state index contributed by atoms with van der Waals surface area (Å²) in [5.74, 6) is -0.479. The van der Waals surface area contributed by atoms with Gasteiger partial charge in [-0.05, 0) is 59.7 Å². The molecular formula is C27H29F3. The summed E-state index contributed by atoms with van der Waals surface area (Å²) < 4.78 is 40.1. The molecule has 0 fully saturated rings. The van der Waals surface area contributed by atoms with Crippen LogP contribution in [0.3, 0.4) is 0 Å². The van der Waals surface area contributed by atoms with Gasteiger partial charge in [-0.1, -0.05) is 80.6 Å². The van der Waals surface area contributed by atoms with Crippen LogP contribution in [0.1, 0.15) is 50.5 Å². The van der Waals surface area contributed by atoms with Gasteiger partial charge in [-0.3, -0.25) is 4.39 Å². The second-order valence-electron chi connectivity index (χ2n) is 7.82. The Morgan fingerprint density at radius 1 is 0.567 bits per heavy atom. The maximum atomic E-state index is 14.7. The van der Waals surface area contributed by atoms with Crippen molar-refractivity contribution in [3.63, 3.8) is 0 Å². The third-order valence-electron chi connectivity index (χ3n) is 5.49. The lowest BCUT2D eigenvalue weighted by atomic mass is 9.98. The van der Waals surface area contributed by atoms with Gasteiger partial charge in [0.05, 0.1) is 6.67 Å². The molecule has 0 atom stereocenters. The van der Waals surface area contributed by atoms with Crippen molar-refractivity contribution >= 4 is 0 Å². The summed E-state index contributed by atoms with van der Waals surface area (Å²) in [6, 6.07) is 19.5. The van der Waals surface area contributed by atoms with Gasteiger partial charge in [-0.15, -0.1) is 0 Å². The fraction of sp³-hybridized carbons (Fsp3) is 0.333. The van der Waals surface area contributed by atoms with E-state index in [-0.39, 0.29) is 18.3 Å². The van der Waals surface area contributed by atoms with Crippen molar-refractivity contribution in [1.29, 1.82) is 0 Å². The number of unbranched alkanes of at least 4 members (excludes halogenated alkanes) is 6. The summed E-state index contributed by atoms with van der Waals surface area (Å²) in [6.45, 7) is -0.210. The standard InChI is InChI=1S/C27H29F3/c28-18-7-5-3-1-2-4-6-9-21-12-17-26(27(30)19-21)23-15-13-22(14-16-23)24-10-8-11-25(29)20-24/h8,10-17,19-20H,1-7,9,18H2. The van der Waals surface area contributed by atoms with Crippen LogP contribution in [0.2, 0.25) is 0 Å². The van der Waals surface area contributed by atoms with Crippen LogP contribution >= 0.6 is 0 Å². The molecule has 0 N–H and O–H groups in total. The Balaban J connectivity index is 1.53. The van der Waals surface area contributed by atoms with E-state index in [9.17, 15) is 13.2 Å². The van der Waals surface area contributed by atoms with Gasteiger partial charge in [0.2, 0.25) is 0 Å². The number of alkyl halides is 1. The molecule has 3 aromatic carbocycles. The zero-order valence-electron chi connectivity index (χ0n) is 17.3. The molecular weight excluding hydrogens is 381 g/mol. The quantitative estimate of drug-likeness (QED) is 0.278. The fourth-order valence-corrected chi connectivity index (χ4v) is 3.77. The van der Waals surface area contributed by atoms with Gasteiger partial charge in [0, 0.05) is 5.56 Å². The predicted molar refractivity (Wildman–Crippen MR) is 119 cm³/mol. The van der Waals surface area contributed by atoms with E-state index in [2.05, 4.69) is 0 Å². The molecule has 0 heterocycles. The highest BCUT2D eigenvalue weighted by molar-refractivity contribution is 5.70. The van der Waals surface area contributed by atoms with Crippen LogP contribution in [0.25, 0.3) is 22.3 Å². The highest BCUT2D eigenvalue weighted by Gasteiger charge is 2.07. The van der Waals surface area contributed by atoms with E-state index in [1.54, 1.807) is 12.1 Å². The van der Waals surface area contributed by atoms with Gasteiger partial charge < -0.3 is 0 Å². The number of hydrogen-bond acceptors (Lipinski definition) is 0. The summed E-state index contributed by atoms with van der Waals surface area (Å²) in [4.78, 5) is 0. The second-order valence-corrected chi connectivity index (χ2v) is 7.82.